The standard InChI is InChI=1S/C18H22N6O3/c1-12(25)24(10-6-15-21-17(27-22-15)13-3-4-13)14-5-9-23(11-14)18(26)16-19-7-2-8-20-16/h2,7-8,13-14H,3-6,9-11H2,1H3. The smallest absolute Gasteiger partial charge is 0.291 e. The largest absolute Gasteiger partial charge is 0.339 e. The first-order chi connectivity index (χ1) is 13.1. The zero-order valence-electron chi connectivity index (χ0n) is 15.2. The van der Waals surface area contributed by atoms with Gasteiger partial charge in [-0.1, -0.05) is 5.16 Å². The summed E-state index contributed by atoms with van der Waals surface area (Å²) in [5, 5.41) is 4.01. The molecule has 0 aromatic carbocycles. The van der Waals surface area contributed by atoms with Gasteiger partial charge in [0, 0.05) is 51.3 Å². The molecule has 3 heterocycles. The van der Waals surface area contributed by atoms with Crippen LogP contribution < -0.4 is 0 Å². The van der Waals surface area contributed by atoms with Crippen LogP contribution in [0.25, 0.3) is 0 Å². The number of rotatable bonds is 6. The van der Waals surface area contributed by atoms with Crippen molar-refractivity contribution in [3.63, 3.8) is 0 Å². The van der Waals surface area contributed by atoms with Gasteiger partial charge in [-0.05, 0) is 25.3 Å². The SMILES string of the molecule is CC(=O)N(CCc1noc(C2CC2)n1)C1CCN(C(=O)c2ncccn2)C1. The summed E-state index contributed by atoms with van der Waals surface area (Å²) in [4.78, 5) is 40.6. The van der Waals surface area contributed by atoms with E-state index in [4.69, 9.17) is 4.52 Å². The summed E-state index contributed by atoms with van der Waals surface area (Å²) in [6, 6.07) is 1.65. The Balaban J connectivity index is 1.36. The third kappa shape index (κ3) is 3.96. The summed E-state index contributed by atoms with van der Waals surface area (Å²) in [6.07, 6.45) is 6.60. The highest BCUT2D eigenvalue weighted by atomic mass is 16.5. The van der Waals surface area contributed by atoms with Gasteiger partial charge in [-0.15, -0.1) is 0 Å². The average molecular weight is 370 g/mol. The Hall–Kier alpha value is -2.84. The summed E-state index contributed by atoms with van der Waals surface area (Å²) in [6.45, 7) is 3.12. The Morgan fingerprint density at radius 3 is 2.74 bits per heavy atom. The predicted octanol–water partition coefficient (Wildman–Crippen LogP) is 1.04. The van der Waals surface area contributed by atoms with E-state index in [2.05, 4.69) is 20.1 Å². The van der Waals surface area contributed by atoms with Gasteiger partial charge >= 0.3 is 0 Å². The fourth-order valence-electron chi connectivity index (χ4n) is 3.41. The second-order valence-corrected chi connectivity index (χ2v) is 7.05. The van der Waals surface area contributed by atoms with Crippen LogP contribution in [-0.2, 0) is 11.2 Å². The number of likely N-dealkylation sites (tertiary alicyclic amines) is 1. The minimum atomic E-state index is -0.200. The van der Waals surface area contributed by atoms with E-state index in [0.29, 0.717) is 43.7 Å². The van der Waals surface area contributed by atoms with Gasteiger partial charge in [0.2, 0.25) is 17.6 Å². The molecular formula is C18H22N6O3. The van der Waals surface area contributed by atoms with Gasteiger partial charge in [-0.25, -0.2) is 9.97 Å². The Kier molecular flexibility index (Phi) is 4.83. The van der Waals surface area contributed by atoms with Crippen LogP contribution in [0.4, 0.5) is 0 Å². The van der Waals surface area contributed by atoms with Gasteiger partial charge in [0.15, 0.2) is 5.82 Å². The van der Waals surface area contributed by atoms with Gasteiger partial charge in [0.05, 0.1) is 6.04 Å². The van der Waals surface area contributed by atoms with Crippen LogP contribution in [0.15, 0.2) is 23.0 Å². The fourth-order valence-corrected chi connectivity index (χ4v) is 3.41. The quantitative estimate of drug-likeness (QED) is 0.748. The molecule has 1 saturated heterocycles. The van der Waals surface area contributed by atoms with Crippen LogP contribution in [0.3, 0.4) is 0 Å². The number of hydrogen-bond acceptors (Lipinski definition) is 7. The molecule has 2 aromatic heterocycles. The molecule has 1 aliphatic carbocycles. The summed E-state index contributed by atoms with van der Waals surface area (Å²) in [5.74, 6) is 1.73. The van der Waals surface area contributed by atoms with E-state index < -0.39 is 0 Å². The summed E-state index contributed by atoms with van der Waals surface area (Å²) >= 11 is 0. The second-order valence-electron chi connectivity index (χ2n) is 7.05. The molecule has 4 rings (SSSR count). The normalized spacial score (nSPS) is 19.3. The molecule has 1 unspecified atom stereocenters. The molecule has 1 aliphatic heterocycles. The molecule has 0 bridgehead atoms. The van der Waals surface area contributed by atoms with Crippen molar-refractivity contribution in [1.29, 1.82) is 0 Å². The Morgan fingerprint density at radius 2 is 2.04 bits per heavy atom. The van der Waals surface area contributed by atoms with Crippen LogP contribution in [0.1, 0.15) is 54.4 Å². The van der Waals surface area contributed by atoms with Crippen LogP contribution >= 0.6 is 0 Å². The van der Waals surface area contributed by atoms with E-state index >= 15 is 0 Å². The van der Waals surface area contributed by atoms with Gasteiger partial charge in [-0.3, -0.25) is 9.59 Å². The molecule has 0 radical (unpaired) electrons. The van der Waals surface area contributed by atoms with E-state index in [1.807, 2.05) is 0 Å². The maximum absolute atomic E-state index is 12.5. The highest BCUT2D eigenvalue weighted by Gasteiger charge is 2.33. The van der Waals surface area contributed by atoms with Gasteiger partial charge in [-0.2, -0.15) is 4.98 Å². The molecule has 2 aliphatic rings. The van der Waals surface area contributed by atoms with Crippen LogP contribution in [0.5, 0.6) is 0 Å². The van der Waals surface area contributed by atoms with E-state index in [1.165, 1.54) is 0 Å². The first-order valence-corrected chi connectivity index (χ1v) is 9.28. The van der Waals surface area contributed by atoms with E-state index in [9.17, 15) is 9.59 Å². The lowest BCUT2D eigenvalue weighted by Crippen LogP contribution is -2.43. The van der Waals surface area contributed by atoms with Crippen molar-refractivity contribution in [1.82, 2.24) is 29.9 Å². The molecule has 9 nitrogen and oxygen atoms in total. The maximum atomic E-state index is 12.5. The second kappa shape index (κ2) is 7.42. The number of carbonyl (C=O) groups excluding carboxylic acids is 2. The first-order valence-electron chi connectivity index (χ1n) is 9.28. The highest BCUT2D eigenvalue weighted by molar-refractivity contribution is 5.90. The van der Waals surface area contributed by atoms with Gasteiger partial charge < -0.3 is 14.3 Å². The minimum absolute atomic E-state index is 0.0174. The monoisotopic (exact) mass is 370 g/mol. The van der Waals surface area contributed by atoms with Crippen molar-refractivity contribution in [2.75, 3.05) is 19.6 Å². The van der Waals surface area contributed by atoms with Crippen molar-refractivity contribution < 1.29 is 14.1 Å². The number of carbonyl (C=O) groups is 2. The van der Waals surface area contributed by atoms with Crippen molar-refractivity contribution in [2.45, 2.75) is 44.6 Å². The number of hydrogen-bond donors (Lipinski definition) is 0. The predicted molar refractivity (Wildman–Crippen MR) is 93.7 cm³/mol. The Bertz CT molecular complexity index is 820. The zero-order valence-corrected chi connectivity index (χ0v) is 15.2. The summed E-state index contributed by atoms with van der Waals surface area (Å²) in [7, 11) is 0. The molecule has 2 fully saturated rings. The molecule has 9 heteroatoms. The lowest BCUT2D eigenvalue weighted by Gasteiger charge is -2.27. The molecule has 1 atom stereocenters. The van der Waals surface area contributed by atoms with Gasteiger partial charge in [0.25, 0.3) is 5.91 Å². The fraction of sp³-hybridized carbons (Fsp3) is 0.556. The topological polar surface area (TPSA) is 105 Å². The number of nitrogens with zero attached hydrogens (tertiary/aromatic N) is 6. The zero-order chi connectivity index (χ0) is 18.8. The van der Waals surface area contributed by atoms with Crippen molar-refractivity contribution in [2.24, 2.45) is 0 Å². The molecule has 0 N–H and O–H groups in total. The molecular weight excluding hydrogens is 348 g/mol. The third-order valence-corrected chi connectivity index (χ3v) is 5.04. The third-order valence-electron chi connectivity index (χ3n) is 5.04. The molecule has 2 amide bonds. The van der Waals surface area contributed by atoms with Crippen molar-refractivity contribution >= 4 is 11.8 Å². The van der Waals surface area contributed by atoms with E-state index in [-0.39, 0.29) is 23.7 Å². The van der Waals surface area contributed by atoms with E-state index in [0.717, 1.165) is 19.3 Å². The molecule has 142 valence electrons. The first kappa shape index (κ1) is 17.6. The van der Waals surface area contributed by atoms with Crippen LogP contribution in [0.2, 0.25) is 0 Å². The Morgan fingerprint density at radius 1 is 1.26 bits per heavy atom. The van der Waals surface area contributed by atoms with E-state index in [1.54, 1.807) is 35.2 Å². The van der Waals surface area contributed by atoms with Crippen molar-refractivity contribution in [3.8, 4) is 0 Å². The lowest BCUT2D eigenvalue weighted by atomic mass is 10.2. The molecule has 27 heavy (non-hydrogen) atoms. The summed E-state index contributed by atoms with van der Waals surface area (Å²) in [5.41, 5.74) is 0. The van der Waals surface area contributed by atoms with Crippen LogP contribution in [-0.4, -0.2) is 67.4 Å². The minimum Gasteiger partial charge on any atom is -0.339 e. The highest BCUT2D eigenvalue weighted by Crippen LogP contribution is 2.38. The van der Waals surface area contributed by atoms with Gasteiger partial charge in [0.1, 0.15) is 0 Å². The van der Waals surface area contributed by atoms with Crippen molar-refractivity contribution in [3.05, 3.63) is 36.0 Å². The number of amides is 2. The van der Waals surface area contributed by atoms with Crippen LogP contribution in [0, 0.1) is 0 Å². The average Bonchev–Trinajstić information content (AvgIpc) is 3.23. The summed E-state index contributed by atoms with van der Waals surface area (Å²) < 4.78 is 5.27. The molecule has 1 saturated carbocycles. The Labute approximate surface area is 156 Å². The lowest BCUT2D eigenvalue weighted by molar-refractivity contribution is -0.130. The number of aromatic nitrogens is 4. The molecule has 0 spiro atoms. The maximum Gasteiger partial charge on any atom is 0.291 e. The molecule has 2 aromatic rings.